The SMILES string of the molecule is CCOc1ccc2c3ccccc3nn2n1. The molecule has 3 rings (SSSR count). The fourth-order valence-corrected chi connectivity index (χ4v) is 1.78. The normalized spacial score (nSPS) is 11.1. The summed E-state index contributed by atoms with van der Waals surface area (Å²) in [4.78, 5) is 0. The van der Waals surface area contributed by atoms with Gasteiger partial charge in [0.05, 0.1) is 17.6 Å². The summed E-state index contributed by atoms with van der Waals surface area (Å²) in [6, 6.07) is 11.8. The number of nitrogens with zero attached hydrogens (tertiary/aromatic N) is 3. The van der Waals surface area contributed by atoms with Gasteiger partial charge in [-0.2, -0.15) is 0 Å². The van der Waals surface area contributed by atoms with Crippen LogP contribution in [0.3, 0.4) is 0 Å². The van der Waals surface area contributed by atoms with Crippen LogP contribution in [0.5, 0.6) is 5.88 Å². The Hall–Kier alpha value is -2.10. The summed E-state index contributed by atoms with van der Waals surface area (Å²) in [6.07, 6.45) is 0. The highest BCUT2D eigenvalue weighted by Crippen LogP contribution is 2.19. The average Bonchev–Trinajstić information content (AvgIpc) is 2.67. The molecule has 0 aliphatic carbocycles. The summed E-state index contributed by atoms with van der Waals surface area (Å²) in [6.45, 7) is 2.55. The molecule has 0 aliphatic rings. The quantitative estimate of drug-likeness (QED) is 0.655. The molecular formula is C12H11N3O. The smallest absolute Gasteiger partial charge is 0.233 e. The Balaban J connectivity index is 2.28. The predicted molar refractivity (Wildman–Crippen MR) is 61.7 cm³/mol. The Morgan fingerprint density at radius 1 is 1.12 bits per heavy atom. The molecule has 0 unspecified atom stereocenters. The lowest BCUT2D eigenvalue weighted by atomic mass is 10.2. The van der Waals surface area contributed by atoms with E-state index in [1.165, 1.54) is 0 Å². The zero-order valence-corrected chi connectivity index (χ0v) is 8.92. The number of hydrogen-bond donors (Lipinski definition) is 0. The van der Waals surface area contributed by atoms with Gasteiger partial charge in [-0.3, -0.25) is 0 Å². The summed E-state index contributed by atoms with van der Waals surface area (Å²) in [5, 5.41) is 9.78. The van der Waals surface area contributed by atoms with E-state index in [1.54, 1.807) is 4.63 Å². The van der Waals surface area contributed by atoms with Crippen molar-refractivity contribution < 1.29 is 4.74 Å². The van der Waals surface area contributed by atoms with E-state index in [4.69, 9.17) is 4.74 Å². The monoisotopic (exact) mass is 213 g/mol. The lowest BCUT2D eigenvalue weighted by molar-refractivity contribution is 0.320. The number of rotatable bonds is 2. The van der Waals surface area contributed by atoms with Gasteiger partial charge >= 0.3 is 0 Å². The van der Waals surface area contributed by atoms with E-state index in [0.29, 0.717) is 12.5 Å². The van der Waals surface area contributed by atoms with Crippen molar-refractivity contribution in [2.45, 2.75) is 6.92 Å². The number of fused-ring (bicyclic) bond motifs is 3. The van der Waals surface area contributed by atoms with Crippen molar-refractivity contribution in [3.8, 4) is 5.88 Å². The Labute approximate surface area is 92.5 Å². The molecule has 2 aromatic heterocycles. The molecule has 0 amide bonds. The Morgan fingerprint density at radius 2 is 2.00 bits per heavy atom. The highest BCUT2D eigenvalue weighted by molar-refractivity contribution is 5.93. The van der Waals surface area contributed by atoms with Crippen LogP contribution in [0.2, 0.25) is 0 Å². The molecule has 4 heteroatoms. The first-order valence-corrected chi connectivity index (χ1v) is 5.26. The van der Waals surface area contributed by atoms with E-state index in [9.17, 15) is 0 Å². The van der Waals surface area contributed by atoms with Crippen molar-refractivity contribution >= 4 is 16.4 Å². The van der Waals surface area contributed by atoms with Crippen molar-refractivity contribution in [2.24, 2.45) is 0 Å². The maximum absolute atomic E-state index is 5.34. The van der Waals surface area contributed by atoms with Gasteiger partial charge in [0, 0.05) is 11.5 Å². The van der Waals surface area contributed by atoms with E-state index in [2.05, 4.69) is 10.2 Å². The summed E-state index contributed by atoms with van der Waals surface area (Å²) < 4.78 is 6.96. The lowest BCUT2D eigenvalue weighted by Crippen LogP contribution is -1.99. The second kappa shape index (κ2) is 3.48. The van der Waals surface area contributed by atoms with Gasteiger partial charge in [0.15, 0.2) is 0 Å². The van der Waals surface area contributed by atoms with E-state index in [0.717, 1.165) is 16.4 Å². The van der Waals surface area contributed by atoms with Gasteiger partial charge < -0.3 is 4.74 Å². The first-order chi connectivity index (χ1) is 7.88. The standard InChI is InChI=1S/C12H11N3O/c1-2-16-12-8-7-11-9-5-3-4-6-10(9)13-15(11)14-12/h3-8H,2H2,1H3. The molecule has 1 aromatic carbocycles. The molecule has 0 saturated heterocycles. The summed E-state index contributed by atoms with van der Waals surface area (Å²) in [7, 11) is 0. The summed E-state index contributed by atoms with van der Waals surface area (Å²) in [5.74, 6) is 0.600. The molecule has 80 valence electrons. The van der Waals surface area contributed by atoms with Crippen LogP contribution in [0, 0.1) is 0 Å². The highest BCUT2D eigenvalue weighted by Gasteiger charge is 2.05. The van der Waals surface area contributed by atoms with Gasteiger partial charge in [-0.15, -0.1) is 14.8 Å². The molecule has 0 radical (unpaired) electrons. The zero-order valence-electron chi connectivity index (χ0n) is 8.92. The van der Waals surface area contributed by atoms with Crippen LogP contribution in [0.15, 0.2) is 36.4 Å². The second-order valence-corrected chi connectivity index (χ2v) is 3.50. The van der Waals surface area contributed by atoms with Gasteiger partial charge in [0.1, 0.15) is 0 Å². The van der Waals surface area contributed by atoms with E-state index >= 15 is 0 Å². The van der Waals surface area contributed by atoms with Crippen molar-refractivity contribution in [1.82, 2.24) is 14.8 Å². The molecule has 0 fully saturated rings. The first kappa shape index (κ1) is 9.15. The van der Waals surface area contributed by atoms with Crippen molar-refractivity contribution in [1.29, 1.82) is 0 Å². The second-order valence-electron chi connectivity index (χ2n) is 3.50. The van der Waals surface area contributed by atoms with Crippen LogP contribution < -0.4 is 4.74 Å². The zero-order chi connectivity index (χ0) is 11.0. The number of benzene rings is 1. The Kier molecular flexibility index (Phi) is 1.99. The molecule has 0 saturated carbocycles. The molecule has 2 heterocycles. The van der Waals surface area contributed by atoms with E-state index in [-0.39, 0.29) is 0 Å². The van der Waals surface area contributed by atoms with Crippen LogP contribution in [-0.4, -0.2) is 21.4 Å². The van der Waals surface area contributed by atoms with Gasteiger partial charge in [-0.1, -0.05) is 18.2 Å². The third-order valence-corrected chi connectivity index (χ3v) is 2.47. The fraction of sp³-hybridized carbons (Fsp3) is 0.167. The van der Waals surface area contributed by atoms with Gasteiger partial charge in [0.25, 0.3) is 0 Å². The Bertz CT molecular complexity index is 645. The maximum atomic E-state index is 5.34. The van der Waals surface area contributed by atoms with Gasteiger partial charge in [-0.05, 0) is 19.1 Å². The molecule has 0 atom stereocenters. The third-order valence-electron chi connectivity index (χ3n) is 2.47. The topological polar surface area (TPSA) is 39.4 Å². The van der Waals surface area contributed by atoms with Crippen LogP contribution in [0.4, 0.5) is 0 Å². The third kappa shape index (κ3) is 1.31. The highest BCUT2D eigenvalue weighted by atomic mass is 16.5. The lowest BCUT2D eigenvalue weighted by Gasteiger charge is -2.00. The minimum atomic E-state index is 0.600. The van der Waals surface area contributed by atoms with E-state index in [1.807, 2.05) is 43.3 Å². The maximum Gasteiger partial charge on any atom is 0.233 e. The molecule has 0 bridgehead atoms. The molecule has 16 heavy (non-hydrogen) atoms. The first-order valence-electron chi connectivity index (χ1n) is 5.26. The molecule has 4 nitrogen and oxygen atoms in total. The fourth-order valence-electron chi connectivity index (χ4n) is 1.78. The molecule has 3 aromatic rings. The van der Waals surface area contributed by atoms with Crippen molar-refractivity contribution in [2.75, 3.05) is 6.61 Å². The minimum absolute atomic E-state index is 0.600. The van der Waals surface area contributed by atoms with Gasteiger partial charge in [-0.25, -0.2) is 0 Å². The number of hydrogen-bond acceptors (Lipinski definition) is 3. The van der Waals surface area contributed by atoms with Crippen molar-refractivity contribution in [3.05, 3.63) is 36.4 Å². The molecule has 0 N–H and O–H groups in total. The average molecular weight is 213 g/mol. The molecular weight excluding hydrogens is 202 g/mol. The van der Waals surface area contributed by atoms with Crippen LogP contribution >= 0.6 is 0 Å². The molecule has 0 spiro atoms. The predicted octanol–water partition coefficient (Wildman–Crippen LogP) is 2.28. The summed E-state index contributed by atoms with van der Waals surface area (Å²) >= 11 is 0. The van der Waals surface area contributed by atoms with Crippen LogP contribution in [0.25, 0.3) is 16.4 Å². The number of aromatic nitrogens is 3. The van der Waals surface area contributed by atoms with Crippen molar-refractivity contribution in [3.63, 3.8) is 0 Å². The minimum Gasteiger partial charge on any atom is -0.477 e. The molecule has 0 aliphatic heterocycles. The van der Waals surface area contributed by atoms with E-state index < -0.39 is 0 Å². The number of ether oxygens (including phenoxy) is 1. The van der Waals surface area contributed by atoms with Crippen LogP contribution in [-0.2, 0) is 0 Å². The summed E-state index contributed by atoms with van der Waals surface area (Å²) in [5.41, 5.74) is 1.95. The largest absolute Gasteiger partial charge is 0.477 e. The van der Waals surface area contributed by atoms with Crippen LogP contribution in [0.1, 0.15) is 6.92 Å². The Morgan fingerprint density at radius 3 is 2.88 bits per heavy atom. The van der Waals surface area contributed by atoms with Gasteiger partial charge in [0.2, 0.25) is 5.88 Å².